The van der Waals surface area contributed by atoms with Crippen LogP contribution in [0.15, 0.2) is 34.9 Å². The number of hydrogen-bond donors (Lipinski definition) is 1. The Morgan fingerprint density at radius 3 is 2.96 bits per heavy atom. The maximum Gasteiger partial charge on any atom is 0.226 e. The Labute approximate surface area is 135 Å². The molecule has 1 saturated heterocycles. The number of ether oxygens (including phenoxy) is 1. The molecule has 0 spiro atoms. The van der Waals surface area contributed by atoms with Gasteiger partial charge in [-0.25, -0.2) is 0 Å². The number of carbonyl (C=O) groups excluding carboxylic acids is 1. The van der Waals surface area contributed by atoms with Crippen LogP contribution in [0.4, 0.5) is 0 Å². The second-order valence-electron chi connectivity index (χ2n) is 5.67. The number of hydrogen-bond acceptors (Lipinski definition) is 5. The SMILES string of the molecule is O=C(CCCc1nc(-c2ccccc2)no1)NCC1CCCO1. The summed E-state index contributed by atoms with van der Waals surface area (Å²) < 4.78 is 10.7. The number of benzene rings is 1. The molecule has 1 aliphatic heterocycles. The van der Waals surface area contributed by atoms with Crippen molar-refractivity contribution >= 4 is 5.91 Å². The molecule has 3 rings (SSSR count). The van der Waals surface area contributed by atoms with Crippen molar-refractivity contribution in [2.24, 2.45) is 0 Å². The van der Waals surface area contributed by atoms with E-state index in [2.05, 4.69) is 15.5 Å². The molecule has 0 bridgehead atoms. The number of aryl methyl sites for hydroxylation is 1. The lowest BCUT2D eigenvalue weighted by Crippen LogP contribution is -2.31. The minimum absolute atomic E-state index is 0.0447. The Hall–Kier alpha value is -2.21. The Morgan fingerprint density at radius 1 is 1.30 bits per heavy atom. The molecule has 1 N–H and O–H groups in total. The minimum atomic E-state index is 0.0447. The van der Waals surface area contributed by atoms with E-state index in [4.69, 9.17) is 9.26 Å². The van der Waals surface area contributed by atoms with Crippen LogP contribution in [0, 0.1) is 0 Å². The molecule has 6 nitrogen and oxygen atoms in total. The first-order valence-corrected chi connectivity index (χ1v) is 8.07. The molecule has 23 heavy (non-hydrogen) atoms. The normalized spacial score (nSPS) is 17.3. The van der Waals surface area contributed by atoms with E-state index in [0.29, 0.717) is 37.5 Å². The molecule has 1 aromatic heterocycles. The van der Waals surface area contributed by atoms with Gasteiger partial charge in [-0.1, -0.05) is 35.5 Å². The Kier molecular flexibility index (Phi) is 5.37. The molecule has 0 aliphatic carbocycles. The van der Waals surface area contributed by atoms with Gasteiger partial charge < -0.3 is 14.6 Å². The number of carbonyl (C=O) groups is 1. The van der Waals surface area contributed by atoms with Crippen molar-refractivity contribution in [1.82, 2.24) is 15.5 Å². The first kappa shape index (κ1) is 15.7. The third kappa shape index (κ3) is 4.63. The van der Waals surface area contributed by atoms with Gasteiger partial charge in [-0.3, -0.25) is 4.79 Å². The third-order valence-electron chi connectivity index (χ3n) is 3.85. The number of rotatable bonds is 7. The minimum Gasteiger partial charge on any atom is -0.376 e. The van der Waals surface area contributed by atoms with Gasteiger partial charge in [0.25, 0.3) is 0 Å². The van der Waals surface area contributed by atoms with Crippen LogP contribution >= 0.6 is 0 Å². The molecule has 1 aromatic carbocycles. The van der Waals surface area contributed by atoms with Gasteiger partial charge in [0.2, 0.25) is 17.6 Å². The Morgan fingerprint density at radius 2 is 2.17 bits per heavy atom. The highest BCUT2D eigenvalue weighted by Gasteiger charge is 2.16. The molecule has 122 valence electrons. The van der Waals surface area contributed by atoms with Gasteiger partial charge in [0.1, 0.15) is 0 Å². The predicted molar refractivity (Wildman–Crippen MR) is 84.7 cm³/mol. The van der Waals surface area contributed by atoms with E-state index in [-0.39, 0.29) is 12.0 Å². The number of nitrogens with zero attached hydrogens (tertiary/aromatic N) is 2. The van der Waals surface area contributed by atoms with Crippen molar-refractivity contribution in [3.63, 3.8) is 0 Å². The first-order chi connectivity index (χ1) is 11.3. The molecular weight excluding hydrogens is 294 g/mol. The highest BCUT2D eigenvalue weighted by Crippen LogP contribution is 2.15. The van der Waals surface area contributed by atoms with E-state index in [1.807, 2.05) is 30.3 Å². The van der Waals surface area contributed by atoms with Gasteiger partial charge in [0, 0.05) is 31.6 Å². The largest absolute Gasteiger partial charge is 0.376 e. The quantitative estimate of drug-likeness (QED) is 0.848. The summed E-state index contributed by atoms with van der Waals surface area (Å²) in [6.07, 6.45) is 4.05. The van der Waals surface area contributed by atoms with Crippen LogP contribution in [0.2, 0.25) is 0 Å². The predicted octanol–water partition coefficient (Wildman–Crippen LogP) is 2.35. The summed E-state index contributed by atoms with van der Waals surface area (Å²) in [6, 6.07) is 9.69. The lowest BCUT2D eigenvalue weighted by molar-refractivity contribution is -0.121. The summed E-state index contributed by atoms with van der Waals surface area (Å²) in [7, 11) is 0. The molecule has 1 atom stereocenters. The monoisotopic (exact) mass is 315 g/mol. The standard InChI is InChI=1S/C17H21N3O3/c21-15(18-12-14-8-5-11-22-14)9-4-10-16-19-17(20-23-16)13-6-2-1-3-7-13/h1-3,6-7,14H,4-5,8-12H2,(H,18,21). The van der Waals surface area contributed by atoms with E-state index in [1.165, 1.54) is 0 Å². The number of nitrogens with one attached hydrogen (secondary N) is 1. The summed E-state index contributed by atoms with van der Waals surface area (Å²) in [5.41, 5.74) is 0.928. The van der Waals surface area contributed by atoms with Gasteiger partial charge >= 0.3 is 0 Å². The first-order valence-electron chi connectivity index (χ1n) is 8.07. The fourth-order valence-corrected chi connectivity index (χ4v) is 2.58. The average molecular weight is 315 g/mol. The van der Waals surface area contributed by atoms with Crippen LogP contribution in [0.5, 0.6) is 0 Å². The fourth-order valence-electron chi connectivity index (χ4n) is 2.58. The zero-order valence-corrected chi connectivity index (χ0v) is 13.0. The van der Waals surface area contributed by atoms with Crippen molar-refractivity contribution in [1.29, 1.82) is 0 Å². The van der Waals surface area contributed by atoms with Gasteiger partial charge in [-0.05, 0) is 19.3 Å². The summed E-state index contributed by atoms with van der Waals surface area (Å²) >= 11 is 0. The Bertz CT molecular complexity index is 621. The van der Waals surface area contributed by atoms with E-state index in [0.717, 1.165) is 25.0 Å². The molecule has 6 heteroatoms. The van der Waals surface area contributed by atoms with E-state index in [9.17, 15) is 4.79 Å². The van der Waals surface area contributed by atoms with E-state index < -0.39 is 0 Å². The average Bonchev–Trinajstić information content (AvgIpc) is 3.26. The maximum atomic E-state index is 11.8. The zero-order chi connectivity index (χ0) is 15.9. The van der Waals surface area contributed by atoms with E-state index >= 15 is 0 Å². The third-order valence-corrected chi connectivity index (χ3v) is 3.85. The number of aromatic nitrogens is 2. The highest BCUT2D eigenvalue weighted by molar-refractivity contribution is 5.75. The van der Waals surface area contributed by atoms with Gasteiger partial charge in [-0.15, -0.1) is 0 Å². The van der Waals surface area contributed by atoms with Crippen LogP contribution in [-0.4, -0.2) is 35.3 Å². The Balaban J connectivity index is 1.39. The van der Waals surface area contributed by atoms with Crippen molar-refractivity contribution < 1.29 is 14.1 Å². The molecule has 0 radical (unpaired) electrons. The topological polar surface area (TPSA) is 77.2 Å². The van der Waals surface area contributed by atoms with Crippen molar-refractivity contribution in [3.05, 3.63) is 36.2 Å². The lowest BCUT2D eigenvalue weighted by atomic mass is 10.2. The molecule has 1 unspecified atom stereocenters. The lowest BCUT2D eigenvalue weighted by Gasteiger charge is -2.10. The summed E-state index contributed by atoms with van der Waals surface area (Å²) in [5, 5.41) is 6.88. The highest BCUT2D eigenvalue weighted by atomic mass is 16.5. The van der Waals surface area contributed by atoms with Crippen molar-refractivity contribution in [3.8, 4) is 11.4 Å². The van der Waals surface area contributed by atoms with Crippen LogP contribution in [0.3, 0.4) is 0 Å². The second-order valence-corrected chi connectivity index (χ2v) is 5.67. The summed E-state index contributed by atoms with van der Waals surface area (Å²) in [5.74, 6) is 1.20. The van der Waals surface area contributed by atoms with Crippen molar-refractivity contribution in [2.45, 2.75) is 38.2 Å². The van der Waals surface area contributed by atoms with Crippen LogP contribution in [-0.2, 0) is 16.0 Å². The zero-order valence-electron chi connectivity index (χ0n) is 13.0. The molecule has 0 saturated carbocycles. The fraction of sp³-hybridized carbons (Fsp3) is 0.471. The maximum absolute atomic E-state index is 11.8. The van der Waals surface area contributed by atoms with Gasteiger partial charge in [0.05, 0.1) is 6.10 Å². The molecule has 1 amide bonds. The molecule has 2 aromatic rings. The molecule has 1 fully saturated rings. The molecule has 2 heterocycles. The molecule has 1 aliphatic rings. The van der Waals surface area contributed by atoms with Crippen LogP contribution in [0.25, 0.3) is 11.4 Å². The van der Waals surface area contributed by atoms with Crippen LogP contribution in [0.1, 0.15) is 31.6 Å². The van der Waals surface area contributed by atoms with Gasteiger partial charge in [-0.2, -0.15) is 4.98 Å². The van der Waals surface area contributed by atoms with Crippen LogP contribution < -0.4 is 5.32 Å². The number of amides is 1. The van der Waals surface area contributed by atoms with Crippen molar-refractivity contribution in [2.75, 3.05) is 13.2 Å². The smallest absolute Gasteiger partial charge is 0.226 e. The summed E-state index contributed by atoms with van der Waals surface area (Å²) in [4.78, 5) is 16.1. The van der Waals surface area contributed by atoms with E-state index in [1.54, 1.807) is 0 Å². The second kappa shape index (κ2) is 7.87. The van der Waals surface area contributed by atoms with Gasteiger partial charge in [0.15, 0.2) is 0 Å². The summed E-state index contributed by atoms with van der Waals surface area (Å²) in [6.45, 7) is 1.42. The molecular formula is C17H21N3O3.